The number of hydrogen-bond acceptors (Lipinski definition) is 7. The van der Waals surface area contributed by atoms with Gasteiger partial charge in [-0.25, -0.2) is 18.4 Å². The van der Waals surface area contributed by atoms with E-state index in [2.05, 4.69) is 9.97 Å². The van der Waals surface area contributed by atoms with Crippen LogP contribution in [0.25, 0.3) is 0 Å². The zero-order valence-corrected chi connectivity index (χ0v) is 14.7. The molecule has 7 nitrogen and oxygen atoms in total. The SMILES string of the molecule is Cc1nc(Sc2ccc(S(C)(=O)=O)cc2[N+](=O)[O-])nc(C)c1C. The van der Waals surface area contributed by atoms with Gasteiger partial charge in [0.25, 0.3) is 5.69 Å². The van der Waals surface area contributed by atoms with Crippen LogP contribution >= 0.6 is 11.8 Å². The first-order valence-corrected chi connectivity index (χ1v) is 9.28. The fourth-order valence-corrected chi connectivity index (χ4v) is 3.42. The summed E-state index contributed by atoms with van der Waals surface area (Å²) >= 11 is 1.04. The van der Waals surface area contributed by atoms with Crippen molar-refractivity contribution in [2.75, 3.05) is 6.26 Å². The molecule has 2 rings (SSSR count). The molecule has 0 saturated heterocycles. The van der Waals surface area contributed by atoms with Crippen LogP contribution in [0.3, 0.4) is 0 Å². The normalized spacial score (nSPS) is 11.5. The molecule has 0 spiro atoms. The van der Waals surface area contributed by atoms with E-state index in [0.29, 0.717) is 10.1 Å². The van der Waals surface area contributed by atoms with Crippen LogP contribution in [0.4, 0.5) is 5.69 Å². The molecule has 0 N–H and O–H groups in total. The lowest BCUT2D eigenvalue weighted by molar-refractivity contribution is -0.388. The topological polar surface area (TPSA) is 103 Å². The second-order valence-corrected chi connectivity index (χ2v) is 8.09. The number of aromatic nitrogens is 2. The van der Waals surface area contributed by atoms with Crippen molar-refractivity contribution in [1.82, 2.24) is 9.97 Å². The molecule has 0 unspecified atom stereocenters. The summed E-state index contributed by atoms with van der Waals surface area (Å²) in [6.07, 6.45) is 1.01. The van der Waals surface area contributed by atoms with Gasteiger partial charge in [0, 0.05) is 23.7 Å². The summed E-state index contributed by atoms with van der Waals surface area (Å²) in [5.41, 5.74) is 2.29. The van der Waals surface area contributed by atoms with Crippen LogP contribution in [0.5, 0.6) is 0 Å². The maximum Gasteiger partial charge on any atom is 0.284 e. The maximum atomic E-state index is 11.6. The van der Waals surface area contributed by atoms with E-state index < -0.39 is 14.8 Å². The van der Waals surface area contributed by atoms with Gasteiger partial charge in [0.2, 0.25) is 0 Å². The van der Waals surface area contributed by atoms with Gasteiger partial charge in [-0.2, -0.15) is 0 Å². The lowest BCUT2D eigenvalue weighted by Gasteiger charge is -2.07. The van der Waals surface area contributed by atoms with Crippen LogP contribution in [-0.4, -0.2) is 29.6 Å². The predicted molar refractivity (Wildman–Crippen MR) is 86.6 cm³/mol. The van der Waals surface area contributed by atoms with Crippen molar-refractivity contribution in [1.29, 1.82) is 0 Å². The summed E-state index contributed by atoms with van der Waals surface area (Å²) in [7, 11) is -3.51. The van der Waals surface area contributed by atoms with Crippen molar-refractivity contribution in [3.8, 4) is 0 Å². The molecular weight excluding hydrogens is 338 g/mol. The largest absolute Gasteiger partial charge is 0.284 e. The highest BCUT2D eigenvalue weighted by atomic mass is 32.2. The molecule has 0 aliphatic heterocycles. The standard InChI is InChI=1S/C14H15N3O4S2/c1-8-9(2)15-14(16-10(8)3)22-13-6-5-11(23(4,20)21)7-12(13)17(18)19/h5-7H,1-4H3. The second kappa shape index (κ2) is 6.25. The highest BCUT2D eigenvalue weighted by molar-refractivity contribution is 7.99. The van der Waals surface area contributed by atoms with Crippen LogP contribution in [0, 0.1) is 30.9 Å². The molecule has 0 radical (unpaired) electrons. The van der Waals surface area contributed by atoms with Gasteiger partial charge in [0.15, 0.2) is 15.0 Å². The number of nitro benzene ring substituents is 1. The predicted octanol–water partition coefficient (Wildman–Crippen LogP) is 2.86. The summed E-state index contributed by atoms with van der Waals surface area (Å²) in [5, 5.41) is 11.6. The molecule has 0 saturated carbocycles. The highest BCUT2D eigenvalue weighted by Crippen LogP contribution is 2.35. The third-order valence-corrected chi connectivity index (χ3v) is 5.41. The maximum absolute atomic E-state index is 11.6. The second-order valence-electron chi connectivity index (χ2n) is 5.06. The van der Waals surface area contributed by atoms with Crippen LogP contribution < -0.4 is 0 Å². The van der Waals surface area contributed by atoms with E-state index in [4.69, 9.17) is 0 Å². The van der Waals surface area contributed by atoms with E-state index >= 15 is 0 Å². The average molecular weight is 353 g/mol. The van der Waals surface area contributed by atoms with Crippen molar-refractivity contribution in [2.24, 2.45) is 0 Å². The number of benzene rings is 1. The molecule has 0 aliphatic rings. The summed E-state index contributed by atoms with van der Waals surface area (Å²) < 4.78 is 23.1. The summed E-state index contributed by atoms with van der Waals surface area (Å²) in [4.78, 5) is 19.5. The first-order chi connectivity index (χ1) is 10.6. The van der Waals surface area contributed by atoms with Gasteiger partial charge in [-0.05, 0) is 50.2 Å². The summed E-state index contributed by atoms with van der Waals surface area (Å²) in [6.45, 7) is 5.59. The molecule has 0 fully saturated rings. The van der Waals surface area contributed by atoms with E-state index in [0.717, 1.165) is 41.0 Å². The Bertz CT molecular complexity index is 872. The van der Waals surface area contributed by atoms with E-state index in [-0.39, 0.29) is 10.6 Å². The zero-order valence-electron chi connectivity index (χ0n) is 13.0. The Kier molecular flexibility index (Phi) is 4.71. The molecule has 0 aliphatic carbocycles. The van der Waals surface area contributed by atoms with Gasteiger partial charge in [0.05, 0.1) is 14.7 Å². The van der Waals surface area contributed by atoms with E-state index in [1.54, 1.807) is 0 Å². The van der Waals surface area contributed by atoms with Crippen molar-refractivity contribution in [2.45, 2.75) is 35.7 Å². The van der Waals surface area contributed by atoms with Crippen molar-refractivity contribution in [3.63, 3.8) is 0 Å². The molecule has 23 heavy (non-hydrogen) atoms. The van der Waals surface area contributed by atoms with Gasteiger partial charge in [-0.15, -0.1) is 0 Å². The van der Waals surface area contributed by atoms with Crippen LogP contribution in [-0.2, 0) is 9.84 Å². The van der Waals surface area contributed by atoms with E-state index in [9.17, 15) is 18.5 Å². The molecular formula is C14H15N3O4S2. The Labute approximate surface area is 138 Å². The number of nitrogens with zero attached hydrogens (tertiary/aromatic N) is 3. The number of aryl methyl sites for hydroxylation is 2. The monoisotopic (exact) mass is 353 g/mol. The summed E-state index contributed by atoms with van der Waals surface area (Å²) in [5.74, 6) is 0. The van der Waals surface area contributed by atoms with Crippen molar-refractivity contribution < 1.29 is 13.3 Å². The third kappa shape index (κ3) is 3.85. The highest BCUT2D eigenvalue weighted by Gasteiger charge is 2.20. The Hall–Kier alpha value is -2.00. The minimum atomic E-state index is -3.51. The molecule has 1 heterocycles. The quantitative estimate of drug-likeness (QED) is 0.473. The lowest BCUT2D eigenvalue weighted by Crippen LogP contribution is -2.01. The Morgan fingerprint density at radius 2 is 1.70 bits per heavy atom. The number of sulfone groups is 1. The number of rotatable bonds is 4. The molecule has 1 aromatic heterocycles. The minimum Gasteiger partial charge on any atom is -0.258 e. The van der Waals surface area contributed by atoms with Crippen molar-refractivity contribution in [3.05, 3.63) is 45.3 Å². The van der Waals surface area contributed by atoms with Gasteiger partial charge in [-0.1, -0.05) is 0 Å². The molecule has 2 aromatic rings. The average Bonchev–Trinajstić information content (AvgIpc) is 2.43. The summed E-state index contributed by atoms with van der Waals surface area (Å²) in [6, 6.07) is 3.82. The van der Waals surface area contributed by atoms with Crippen molar-refractivity contribution >= 4 is 27.3 Å². The first kappa shape index (κ1) is 17.4. The third-order valence-electron chi connectivity index (χ3n) is 3.37. The molecule has 122 valence electrons. The molecule has 0 bridgehead atoms. The molecule has 0 atom stereocenters. The van der Waals surface area contributed by atoms with Gasteiger partial charge in [-0.3, -0.25) is 10.1 Å². The van der Waals surface area contributed by atoms with Gasteiger partial charge < -0.3 is 0 Å². The van der Waals surface area contributed by atoms with Crippen LogP contribution in [0.1, 0.15) is 17.0 Å². The fraction of sp³-hybridized carbons (Fsp3) is 0.286. The van der Waals surface area contributed by atoms with E-state index in [1.807, 2.05) is 20.8 Å². The minimum absolute atomic E-state index is 0.0919. The lowest BCUT2D eigenvalue weighted by atomic mass is 10.2. The first-order valence-electron chi connectivity index (χ1n) is 6.58. The Balaban J connectivity index is 2.50. The molecule has 0 amide bonds. The number of hydrogen-bond donors (Lipinski definition) is 0. The van der Waals surface area contributed by atoms with Gasteiger partial charge >= 0.3 is 0 Å². The Morgan fingerprint density at radius 3 is 2.17 bits per heavy atom. The van der Waals surface area contributed by atoms with Crippen LogP contribution in [0.2, 0.25) is 0 Å². The zero-order chi connectivity index (χ0) is 17.4. The molecule has 1 aromatic carbocycles. The Morgan fingerprint density at radius 1 is 1.13 bits per heavy atom. The van der Waals surface area contributed by atoms with Crippen LogP contribution in [0.15, 0.2) is 33.1 Å². The smallest absolute Gasteiger partial charge is 0.258 e. The van der Waals surface area contributed by atoms with Gasteiger partial charge in [0.1, 0.15) is 0 Å². The number of nitro groups is 1. The molecule has 9 heteroatoms. The fourth-order valence-electron chi connectivity index (χ4n) is 1.84. The van der Waals surface area contributed by atoms with E-state index in [1.165, 1.54) is 12.1 Å².